The summed E-state index contributed by atoms with van der Waals surface area (Å²) in [5.74, 6) is 0. The monoisotopic (exact) mass is 1200 g/mol. The largest absolute Gasteiger partial charge is 0.504 e. The van der Waals surface area contributed by atoms with Crippen molar-refractivity contribution in [1.82, 2.24) is 24.1 Å². The van der Waals surface area contributed by atoms with E-state index in [0.29, 0.717) is 0 Å². The van der Waals surface area contributed by atoms with Gasteiger partial charge in [-0.2, -0.15) is 80.1 Å². The van der Waals surface area contributed by atoms with Crippen LogP contribution in [0.1, 0.15) is 0 Å². The third kappa shape index (κ3) is 6.06. The van der Waals surface area contributed by atoms with Crippen LogP contribution in [0.3, 0.4) is 0 Å². The molecule has 0 bridgehead atoms. The van der Waals surface area contributed by atoms with Gasteiger partial charge >= 0.3 is 0 Å². The summed E-state index contributed by atoms with van der Waals surface area (Å²) in [4.78, 5) is 10.0. The number of hydrogen-bond acceptors (Lipinski definition) is 6. The van der Waals surface area contributed by atoms with E-state index in [4.69, 9.17) is 0 Å². The van der Waals surface area contributed by atoms with Gasteiger partial charge in [-0.25, -0.2) is 18.3 Å². The molecule has 0 fully saturated rings. The first-order valence-electron chi connectivity index (χ1n) is 18.9. The molecule has 0 aliphatic carbocycles. The van der Waals surface area contributed by atoms with Crippen LogP contribution in [0.2, 0.25) is 0 Å². The van der Waals surface area contributed by atoms with E-state index in [1.165, 1.54) is 61.0 Å². The van der Waals surface area contributed by atoms with Gasteiger partial charge in [0.25, 0.3) is 0 Å². The van der Waals surface area contributed by atoms with Crippen LogP contribution in [0.4, 0.5) is 0 Å². The zero-order valence-corrected chi connectivity index (χ0v) is 39.0. The molecule has 0 saturated carbocycles. The first kappa shape index (κ1) is 38.8. The van der Waals surface area contributed by atoms with Crippen molar-refractivity contribution >= 4 is 93.2 Å². The number of rotatable bonds is 4. The average Bonchev–Trinajstić information content (AvgIpc) is 4.07. The summed E-state index contributed by atoms with van der Waals surface area (Å²) in [6.07, 6.45) is 11.2. The zero-order valence-electron chi connectivity index (χ0n) is 31.2. The maximum Gasteiger partial charge on any atom is 0.202 e. The summed E-state index contributed by atoms with van der Waals surface area (Å²) in [6.45, 7) is -0.00183. The van der Waals surface area contributed by atoms with Crippen molar-refractivity contribution in [2.75, 3.05) is 0 Å². The number of fused-ring (bicyclic) bond motifs is 8. The van der Waals surface area contributed by atoms with Crippen LogP contribution in [0, 0.1) is 36.5 Å². The zero-order chi connectivity index (χ0) is 38.1. The SMILES string of the molecule is Cn1[c-]c(-c2[c-]c3c(cc2)Sc2cccc4c2B3c2[c-]c(-n3cccn3)ccc2S4)[c-]c1-c1[c-]c2c(cc1)Sc1cccc3c1B2c1[c-]c(-n2cccn2)ccc1S3.[Pt].[Pt]. The van der Waals surface area contributed by atoms with Gasteiger partial charge < -0.3 is 21.8 Å². The summed E-state index contributed by atoms with van der Waals surface area (Å²) >= 11 is 7.31. The van der Waals surface area contributed by atoms with Gasteiger partial charge in [0.15, 0.2) is 0 Å². The second-order valence-electron chi connectivity index (χ2n) is 14.6. The van der Waals surface area contributed by atoms with Crippen molar-refractivity contribution in [1.29, 1.82) is 0 Å². The molecule has 13 heteroatoms. The summed E-state index contributed by atoms with van der Waals surface area (Å²) in [6, 6.07) is 53.9. The van der Waals surface area contributed by atoms with Gasteiger partial charge in [-0.15, -0.1) is 80.7 Å². The Morgan fingerprint density at radius 2 is 0.900 bits per heavy atom. The Morgan fingerprint density at radius 3 is 1.37 bits per heavy atom. The molecule has 0 N–H and O–H groups in total. The maximum atomic E-state index is 4.52. The van der Waals surface area contributed by atoms with E-state index in [0.717, 1.165) is 44.7 Å². The van der Waals surface area contributed by atoms with Gasteiger partial charge in [-0.3, -0.25) is 9.36 Å². The Morgan fingerprint density at radius 1 is 0.467 bits per heavy atom. The summed E-state index contributed by atoms with van der Waals surface area (Å²) in [5.41, 5.74) is 13.0. The fourth-order valence-electron chi connectivity index (χ4n) is 8.70. The van der Waals surface area contributed by atoms with E-state index < -0.39 is 0 Å². The summed E-state index contributed by atoms with van der Waals surface area (Å²) in [7, 11) is 2.05. The molecule has 0 atom stereocenters. The molecule has 0 spiro atoms. The van der Waals surface area contributed by atoms with Crippen LogP contribution in [0.25, 0.3) is 33.8 Å². The molecule has 0 unspecified atom stereocenters. The molecule has 6 aromatic carbocycles. The second-order valence-corrected chi connectivity index (χ2v) is 18.9. The number of aryl methyl sites for hydroxylation is 1. The Balaban J connectivity index is 0.00000204. The number of benzene rings is 6. The third-order valence-corrected chi connectivity index (χ3v) is 15.9. The molecule has 3 aromatic heterocycles. The first-order valence-corrected chi connectivity index (χ1v) is 22.1. The predicted octanol–water partition coefficient (Wildman–Crippen LogP) is 6.42. The van der Waals surface area contributed by atoms with Crippen LogP contribution in [-0.2, 0) is 49.2 Å². The standard InChI is InChI=1S/C47H23B2N5S4.2Pt/c1-52-27-30(28-10-14-38-33(22-28)48-35-25-31(53-20-4-18-50-53)12-16-40(35)57-44-8-2-6-42(55-38)46(44)48)24-37(52)29-11-15-39-34(23-29)49-36-26-32(54-21-5-19-51-54)13-17-41(36)58-45-9-3-7-43(56-39)47(45)49;;/h2-21H,1H3;;/q-6;;. The molecule has 292 valence electrons. The van der Waals surface area contributed by atoms with Gasteiger partial charge in [0.1, 0.15) is 0 Å². The van der Waals surface area contributed by atoms with Crippen molar-refractivity contribution in [3.63, 3.8) is 0 Å². The first-order chi connectivity index (χ1) is 28.6. The van der Waals surface area contributed by atoms with E-state index in [1.807, 2.05) is 93.3 Å². The molecule has 5 nitrogen and oxygen atoms in total. The fraction of sp³-hybridized carbons (Fsp3) is 0.0213. The fourth-order valence-corrected chi connectivity index (χ4v) is 13.4. The molecular formula is C47H23B2N5Pt2S4-6. The normalized spacial score (nSPS) is 13.5. The van der Waals surface area contributed by atoms with Gasteiger partial charge in [0, 0.05) is 66.9 Å². The Hall–Kier alpha value is -4.07. The number of aromatic nitrogens is 5. The Labute approximate surface area is 394 Å². The van der Waals surface area contributed by atoms with E-state index in [9.17, 15) is 0 Å². The third-order valence-electron chi connectivity index (χ3n) is 11.3. The Kier molecular flexibility index (Phi) is 9.76. The van der Waals surface area contributed by atoms with Gasteiger partial charge in [0.05, 0.1) is 0 Å². The summed E-state index contributed by atoms with van der Waals surface area (Å²) in [5, 5.41) is 9.03. The van der Waals surface area contributed by atoms with E-state index in [2.05, 4.69) is 143 Å². The van der Waals surface area contributed by atoms with E-state index in [1.54, 1.807) is 0 Å². The summed E-state index contributed by atoms with van der Waals surface area (Å²) < 4.78 is 5.83. The minimum atomic E-state index is -0.00116. The average molecular weight is 1200 g/mol. The van der Waals surface area contributed by atoms with E-state index >= 15 is 0 Å². The topological polar surface area (TPSA) is 40.6 Å². The second kappa shape index (κ2) is 15.1. The van der Waals surface area contributed by atoms with E-state index in [-0.39, 0.29) is 55.6 Å². The van der Waals surface area contributed by atoms with Crippen LogP contribution >= 0.6 is 47.0 Å². The van der Waals surface area contributed by atoms with Crippen molar-refractivity contribution in [2.24, 2.45) is 7.05 Å². The van der Waals surface area contributed by atoms with Crippen LogP contribution in [0.5, 0.6) is 0 Å². The van der Waals surface area contributed by atoms with Gasteiger partial charge in [-0.05, 0) is 85.3 Å². The van der Waals surface area contributed by atoms with Gasteiger partial charge in [-0.1, -0.05) is 21.9 Å². The molecule has 60 heavy (non-hydrogen) atoms. The minimum absolute atomic E-state index is 0. The van der Waals surface area contributed by atoms with Gasteiger partial charge in [0.2, 0.25) is 13.4 Å². The molecule has 7 heterocycles. The number of nitrogens with zero attached hydrogens (tertiary/aromatic N) is 5. The molecule has 9 aromatic rings. The molecular weight excluding hydrogens is 1170 g/mol. The van der Waals surface area contributed by atoms with Crippen molar-refractivity contribution in [3.8, 4) is 33.8 Å². The smallest absolute Gasteiger partial charge is 0.202 e. The number of hydrogen-bond donors (Lipinski definition) is 0. The molecule has 0 saturated heterocycles. The molecule has 0 amide bonds. The van der Waals surface area contributed by atoms with Crippen LogP contribution in [0.15, 0.2) is 161 Å². The van der Waals surface area contributed by atoms with Crippen molar-refractivity contribution < 1.29 is 42.1 Å². The molecule has 4 aliphatic heterocycles. The molecule has 0 radical (unpaired) electrons. The quantitative estimate of drug-likeness (QED) is 0.150. The molecule has 13 rings (SSSR count). The predicted molar refractivity (Wildman–Crippen MR) is 235 cm³/mol. The van der Waals surface area contributed by atoms with Crippen LogP contribution < -0.4 is 32.8 Å². The Bertz CT molecular complexity index is 3160. The van der Waals surface area contributed by atoms with Crippen molar-refractivity contribution in [3.05, 3.63) is 158 Å². The van der Waals surface area contributed by atoms with Crippen LogP contribution in [-0.4, -0.2) is 37.6 Å². The van der Waals surface area contributed by atoms with Crippen molar-refractivity contribution in [2.45, 2.75) is 39.2 Å². The maximum absolute atomic E-state index is 4.52. The molecule has 4 aliphatic rings. The minimum Gasteiger partial charge on any atom is -0.504 e.